The number of allylic oxidation sites excluding steroid dienone is 4. The van der Waals surface area contributed by atoms with Crippen molar-refractivity contribution < 1.29 is 22.3 Å². The Kier molecular flexibility index (Phi) is 5.14. The Hall–Kier alpha value is -3.08. The minimum Gasteiger partial charge on any atom is -0.406 e. The largest absolute Gasteiger partial charge is 0.573 e. The molecule has 0 fully saturated rings. The van der Waals surface area contributed by atoms with Gasteiger partial charge in [0.2, 0.25) is 0 Å². The average molecular weight is 412 g/mol. The normalized spacial score (nSPS) is 19.4. The van der Waals surface area contributed by atoms with Crippen molar-refractivity contribution in [1.29, 1.82) is 0 Å². The first-order chi connectivity index (χ1) is 14.3. The topological polar surface area (TPSA) is 9.23 Å². The van der Waals surface area contributed by atoms with Crippen molar-refractivity contribution in [3.63, 3.8) is 0 Å². The lowest BCUT2D eigenvalue weighted by Gasteiger charge is -2.33. The molecule has 154 valence electrons. The summed E-state index contributed by atoms with van der Waals surface area (Å²) in [7, 11) is 0. The molecule has 1 aliphatic rings. The van der Waals surface area contributed by atoms with Gasteiger partial charge in [0.05, 0.1) is 0 Å². The van der Waals surface area contributed by atoms with Gasteiger partial charge in [-0.1, -0.05) is 73.7 Å². The lowest BCUT2D eigenvalue weighted by atomic mass is 9.71. The van der Waals surface area contributed by atoms with Crippen LogP contribution < -0.4 is 4.74 Å². The van der Waals surface area contributed by atoms with Crippen LogP contribution in [0.1, 0.15) is 30.9 Å². The fraction of sp³-hybridized carbons (Fsp3) is 0.200. The maximum Gasteiger partial charge on any atom is 0.573 e. The molecule has 0 radical (unpaired) electrons. The quantitative estimate of drug-likeness (QED) is 0.399. The number of hydrogen-bond acceptors (Lipinski definition) is 1. The Morgan fingerprint density at radius 2 is 1.63 bits per heavy atom. The van der Waals surface area contributed by atoms with Gasteiger partial charge in [-0.05, 0) is 40.5 Å². The Morgan fingerprint density at radius 1 is 0.933 bits per heavy atom. The summed E-state index contributed by atoms with van der Waals surface area (Å²) < 4.78 is 56.5. The van der Waals surface area contributed by atoms with Crippen LogP contribution in [0.5, 0.6) is 5.75 Å². The lowest BCUT2D eigenvalue weighted by molar-refractivity contribution is -0.274. The lowest BCUT2D eigenvalue weighted by Crippen LogP contribution is -2.25. The Balaban J connectivity index is 1.67. The van der Waals surface area contributed by atoms with Gasteiger partial charge in [-0.2, -0.15) is 0 Å². The maximum atomic E-state index is 15.1. The fourth-order valence-corrected chi connectivity index (χ4v) is 4.01. The van der Waals surface area contributed by atoms with Crippen LogP contribution in [-0.2, 0) is 5.41 Å². The van der Waals surface area contributed by atoms with Gasteiger partial charge in [-0.3, -0.25) is 0 Å². The van der Waals surface area contributed by atoms with Gasteiger partial charge in [-0.25, -0.2) is 4.39 Å². The molecule has 3 aromatic rings. The van der Waals surface area contributed by atoms with Gasteiger partial charge < -0.3 is 4.74 Å². The molecule has 0 amide bonds. The van der Waals surface area contributed by atoms with Crippen LogP contribution in [0.4, 0.5) is 17.6 Å². The van der Waals surface area contributed by atoms with Gasteiger partial charge >= 0.3 is 6.36 Å². The molecule has 0 aromatic heterocycles. The minimum atomic E-state index is -4.73. The molecule has 1 unspecified atom stereocenters. The third-order valence-corrected chi connectivity index (χ3v) is 5.67. The molecule has 1 aliphatic carbocycles. The van der Waals surface area contributed by atoms with E-state index in [1.807, 2.05) is 61.5 Å². The van der Waals surface area contributed by atoms with Crippen LogP contribution in [0.15, 0.2) is 84.7 Å². The highest BCUT2D eigenvalue weighted by atomic mass is 19.4. The van der Waals surface area contributed by atoms with E-state index >= 15 is 4.39 Å². The summed E-state index contributed by atoms with van der Waals surface area (Å²) in [5, 5.41) is 1.41. The molecule has 0 saturated carbocycles. The highest BCUT2D eigenvalue weighted by molar-refractivity contribution is 5.85. The third-order valence-electron chi connectivity index (χ3n) is 5.67. The smallest absolute Gasteiger partial charge is 0.406 e. The fourth-order valence-electron chi connectivity index (χ4n) is 4.01. The van der Waals surface area contributed by atoms with E-state index in [9.17, 15) is 13.2 Å². The van der Waals surface area contributed by atoms with Crippen molar-refractivity contribution in [2.24, 2.45) is 0 Å². The SMILES string of the molecule is CCC1(c2ccc3cc(OC(F)(F)F)ccc3c2)C=CC(c2ccccc2)=C(F)C1. The first-order valence-electron chi connectivity index (χ1n) is 9.73. The van der Waals surface area contributed by atoms with Gasteiger partial charge in [0.15, 0.2) is 0 Å². The molecule has 0 heterocycles. The molecule has 4 rings (SSSR count). The van der Waals surface area contributed by atoms with Crippen molar-refractivity contribution in [3.8, 4) is 5.75 Å². The van der Waals surface area contributed by atoms with Crippen molar-refractivity contribution in [2.45, 2.75) is 31.5 Å². The van der Waals surface area contributed by atoms with Crippen molar-refractivity contribution in [1.82, 2.24) is 0 Å². The van der Waals surface area contributed by atoms with Crippen LogP contribution in [0, 0.1) is 0 Å². The van der Waals surface area contributed by atoms with Crippen molar-refractivity contribution >= 4 is 16.3 Å². The molecule has 1 atom stereocenters. The summed E-state index contributed by atoms with van der Waals surface area (Å²) >= 11 is 0. The van der Waals surface area contributed by atoms with Gasteiger partial charge in [0.25, 0.3) is 0 Å². The van der Waals surface area contributed by atoms with Crippen LogP contribution >= 0.6 is 0 Å². The Morgan fingerprint density at radius 3 is 2.30 bits per heavy atom. The van der Waals surface area contributed by atoms with E-state index in [2.05, 4.69) is 4.74 Å². The third kappa shape index (κ3) is 3.97. The van der Waals surface area contributed by atoms with Crippen LogP contribution in [0.2, 0.25) is 0 Å². The molecule has 0 N–H and O–H groups in total. The van der Waals surface area contributed by atoms with E-state index in [-0.39, 0.29) is 18.0 Å². The molecule has 0 spiro atoms. The van der Waals surface area contributed by atoms with Crippen molar-refractivity contribution in [2.75, 3.05) is 0 Å². The second-order valence-corrected chi connectivity index (χ2v) is 7.48. The van der Waals surface area contributed by atoms with Gasteiger partial charge in [-0.15, -0.1) is 13.2 Å². The number of hydrogen-bond donors (Lipinski definition) is 0. The second-order valence-electron chi connectivity index (χ2n) is 7.48. The standard InChI is InChI=1S/C25H20F4O/c1-2-24(13-12-22(23(26)16-24)17-6-4-3-5-7-17)20-10-8-19-15-21(30-25(27,28)29)11-9-18(19)14-20/h3-15H,2,16H2,1H3. The molecule has 5 heteroatoms. The molecule has 0 aliphatic heterocycles. The van der Waals surface area contributed by atoms with E-state index in [1.165, 1.54) is 12.1 Å². The van der Waals surface area contributed by atoms with Crippen molar-refractivity contribution in [3.05, 3.63) is 95.8 Å². The first-order valence-corrected chi connectivity index (χ1v) is 9.73. The first kappa shape index (κ1) is 20.2. The molecule has 3 aromatic carbocycles. The summed E-state index contributed by atoms with van der Waals surface area (Å²) in [6.07, 6.45) is 0.0840. The molecular formula is C25H20F4O. The highest BCUT2D eigenvalue weighted by Crippen LogP contribution is 2.44. The van der Waals surface area contributed by atoms with E-state index < -0.39 is 11.8 Å². The van der Waals surface area contributed by atoms with E-state index in [0.717, 1.165) is 16.5 Å². The van der Waals surface area contributed by atoms with E-state index in [4.69, 9.17) is 0 Å². The second kappa shape index (κ2) is 7.63. The molecular weight excluding hydrogens is 392 g/mol. The molecule has 1 nitrogen and oxygen atoms in total. The number of benzene rings is 3. The zero-order chi connectivity index (χ0) is 21.4. The van der Waals surface area contributed by atoms with Crippen LogP contribution in [0.3, 0.4) is 0 Å². The summed E-state index contributed by atoms with van der Waals surface area (Å²) in [6.45, 7) is 2.01. The number of halogens is 4. The minimum absolute atomic E-state index is 0.167. The van der Waals surface area contributed by atoms with E-state index in [0.29, 0.717) is 17.4 Å². The summed E-state index contributed by atoms with van der Waals surface area (Å²) in [5.41, 5.74) is 1.86. The number of alkyl halides is 3. The predicted molar refractivity (Wildman–Crippen MR) is 111 cm³/mol. The summed E-state index contributed by atoms with van der Waals surface area (Å²) in [4.78, 5) is 0. The van der Waals surface area contributed by atoms with Crippen LogP contribution in [0.25, 0.3) is 16.3 Å². The number of rotatable bonds is 4. The summed E-state index contributed by atoms with van der Waals surface area (Å²) in [6, 6.07) is 19.2. The summed E-state index contributed by atoms with van der Waals surface area (Å²) in [5.74, 6) is -0.424. The zero-order valence-corrected chi connectivity index (χ0v) is 16.3. The number of ether oxygens (including phenoxy) is 1. The van der Waals surface area contributed by atoms with Gasteiger partial charge in [0.1, 0.15) is 11.6 Å². The van der Waals surface area contributed by atoms with Crippen LogP contribution in [-0.4, -0.2) is 6.36 Å². The Bertz CT molecular complexity index is 1130. The number of fused-ring (bicyclic) bond motifs is 1. The average Bonchev–Trinajstić information content (AvgIpc) is 2.72. The van der Waals surface area contributed by atoms with E-state index in [1.54, 1.807) is 12.1 Å². The Labute approximate surface area is 172 Å². The molecule has 0 saturated heterocycles. The maximum absolute atomic E-state index is 15.1. The molecule has 30 heavy (non-hydrogen) atoms. The van der Waals surface area contributed by atoms with Gasteiger partial charge in [0, 0.05) is 17.4 Å². The monoisotopic (exact) mass is 412 g/mol. The zero-order valence-electron chi connectivity index (χ0n) is 16.3. The highest BCUT2D eigenvalue weighted by Gasteiger charge is 2.33. The predicted octanol–water partition coefficient (Wildman–Crippen LogP) is 7.73. The molecule has 0 bridgehead atoms.